The summed E-state index contributed by atoms with van der Waals surface area (Å²) < 4.78 is 4.96. The molecule has 0 spiro atoms. The third-order valence-corrected chi connectivity index (χ3v) is 3.19. The van der Waals surface area contributed by atoms with Gasteiger partial charge in [-0.05, 0) is 45.3 Å². The molecule has 2 aromatic rings. The van der Waals surface area contributed by atoms with Crippen molar-refractivity contribution >= 4 is 28.5 Å². The van der Waals surface area contributed by atoms with Gasteiger partial charge in [0.1, 0.15) is 5.69 Å². The summed E-state index contributed by atoms with van der Waals surface area (Å²) in [5.74, 6) is -0.413. The molecule has 6 nitrogen and oxygen atoms in total. The summed E-state index contributed by atoms with van der Waals surface area (Å²) in [7, 11) is 3.85. The van der Waals surface area contributed by atoms with Gasteiger partial charge >= 0.3 is 5.97 Å². The maximum absolute atomic E-state index is 11.8. The van der Waals surface area contributed by atoms with E-state index in [1.165, 1.54) is 0 Å². The van der Waals surface area contributed by atoms with Gasteiger partial charge in [-0.1, -0.05) is 0 Å². The Balaban J connectivity index is 2.10. The SMILES string of the molecule is CCOC(=O)c1cc2cc(NC(=O)CCN(C)C)ccc2[nH]1. The molecule has 0 saturated heterocycles. The summed E-state index contributed by atoms with van der Waals surface area (Å²) >= 11 is 0. The zero-order valence-corrected chi connectivity index (χ0v) is 13.1. The van der Waals surface area contributed by atoms with Gasteiger partial charge in [0.05, 0.1) is 6.61 Å². The predicted octanol–water partition coefficient (Wildman–Crippen LogP) is 2.23. The number of H-pyrrole nitrogens is 1. The van der Waals surface area contributed by atoms with E-state index in [2.05, 4.69) is 10.3 Å². The molecule has 0 atom stereocenters. The van der Waals surface area contributed by atoms with E-state index in [0.717, 1.165) is 10.9 Å². The number of ether oxygens (including phenoxy) is 1. The molecule has 118 valence electrons. The molecular formula is C16H21N3O3. The molecule has 22 heavy (non-hydrogen) atoms. The molecule has 0 aliphatic rings. The van der Waals surface area contributed by atoms with Crippen molar-refractivity contribution in [1.82, 2.24) is 9.88 Å². The van der Waals surface area contributed by atoms with Crippen LogP contribution in [0.5, 0.6) is 0 Å². The first-order chi connectivity index (χ1) is 10.5. The highest BCUT2D eigenvalue weighted by Gasteiger charge is 2.11. The van der Waals surface area contributed by atoms with E-state index in [1.807, 2.05) is 31.1 Å². The van der Waals surface area contributed by atoms with Crippen LogP contribution >= 0.6 is 0 Å². The number of benzene rings is 1. The highest BCUT2D eigenvalue weighted by atomic mass is 16.5. The fourth-order valence-electron chi connectivity index (χ4n) is 2.08. The van der Waals surface area contributed by atoms with Crippen LogP contribution in [0.2, 0.25) is 0 Å². The number of hydrogen-bond donors (Lipinski definition) is 2. The van der Waals surface area contributed by atoms with Crippen LogP contribution in [-0.2, 0) is 9.53 Å². The van der Waals surface area contributed by atoms with E-state index >= 15 is 0 Å². The first-order valence-corrected chi connectivity index (χ1v) is 7.24. The second-order valence-electron chi connectivity index (χ2n) is 5.31. The molecule has 1 heterocycles. The maximum atomic E-state index is 11.8. The van der Waals surface area contributed by atoms with Crippen LogP contribution in [0.25, 0.3) is 10.9 Å². The van der Waals surface area contributed by atoms with Crippen LogP contribution in [0, 0.1) is 0 Å². The number of aromatic nitrogens is 1. The normalized spacial score (nSPS) is 10.9. The monoisotopic (exact) mass is 303 g/mol. The number of anilines is 1. The zero-order chi connectivity index (χ0) is 16.1. The molecule has 0 aliphatic heterocycles. The Morgan fingerprint density at radius 3 is 2.73 bits per heavy atom. The average Bonchev–Trinajstić information content (AvgIpc) is 2.88. The van der Waals surface area contributed by atoms with Crippen molar-refractivity contribution in [2.45, 2.75) is 13.3 Å². The third-order valence-electron chi connectivity index (χ3n) is 3.19. The van der Waals surface area contributed by atoms with Gasteiger partial charge in [0.25, 0.3) is 0 Å². The highest BCUT2D eigenvalue weighted by molar-refractivity contribution is 5.97. The van der Waals surface area contributed by atoms with Gasteiger partial charge < -0.3 is 19.9 Å². The lowest BCUT2D eigenvalue weighted by Gasteiger charge is -2.09. The Morgan fingerprint density at radius 1 is 1.27 bits per heavy atom. The van der Waals surface area contributed by atoms with Crippen LogP contribution in [0.1, 0.15) is 23.8 Å². The first-order valence-electron chi connectivity index (χ1n) is 7.24. The molecule has 1 aromatic heterocycles. The van der Waals surface area contributed by atoms with Crippen molar-refractivity contribution in [3.63, 3.8) is 0 Å². The number of esters is 1. The van der Waals surface area contributed by atoms with E-state index in [0.29, 0.717) is 31.0 Å². The minimum absolute atomic E-state index is 0.0331. The lowest BCUT2D eigenvalue weighted by molar-refractivity contribution is -0.116. The fraction of sp³-hybridized carbons (Fsp3) is 0.375. The second-order valence-corrected chi connectivity index (χ2v) is 5.31. The number of hydrogen-bond acceptors (Lipinski definition) is 4. The van der Waals surface area contributed by atoms with E-state index in [1.54, 1.807) is 19.1 Å². The van der Waals surface area contributed by atoms with Gasteiger partial charge in [0.15, 0.2) is 0 Å². The Hall–Kier alpha value is -2.34. The summed E-state index contributed by atoms with van der Waals surface area (Å²) in [6.45, 7) is 2.80. The fourth-order valence-corrected chi connectivity index (χ4v) is 2.08. The summed E-state index contributed by atoms with van der Waals surface area (Å²) in [5.41, 5.74) is 1.95. The van der Waals surface area contributed by atoms with Crippen molar-refractivity contribution in [2.75, 3.05) is 32.6 Å². The molecule has 0 radical (unpaired) electrons. The summed E-state index contributed by atoms with van der Waals surface area (Å²) in [6, 6.07) is 7.20. The highest BCUT2D eigenvalue weighted by Crippen LogP contribution is 2.20. The molecule has 0 unspecified atom stereocenters. The van der Waals surface area contributed by atoms with Gasteiger partial charge in [0, 0.05) is 29.6 Å². The number of carbonyl (C=O) groups excluding carboxylic acids is 2. The maximum Gasteiger partial charge on any atom is 0.354 e. The number of nitrogens with zero attached hydrogens (tertiary/aromatic N) is 1. The van der Waals surface area contributed by atoms with Crippen LogP contribution in [0.3, 0.4) is 0 Å². The third kappa shape index (κ3) is 4.08. The number of nitrogens with one attached hydrogen (secondary N) is 2. The summed E-state index contributed by atoms with van der Waals surface area (Å²) in [5, 5.41) is 3.71. The minimum atomic E-state index is -0.379. The smallest absolute Gasteiger partial charge is 0.354 e. The molecule has 1 aromatic carbocycles. The summed E-state index contributed by atoms with van der Waals surface area (Å²) in [4.78, 5) is 28.5. The van der Waals surface area contributed by atoms with Crippen molar-refractivity contribution in [2.24, 2.45) is 0 Å². The van der Waals surface area contributed by atoms with Crippen LogP contribution in [0.15, 0.2) is 24.3 Å². The second kappa shape index (κ2) is 7.09. The van der Waals surface area contributed by atoms with Crippen LogP contribution in [-0.4, -0.2) is 49.0 Å². The number of aromatic amines is 1. The lowest BCUT2D eigenvalue weighted by Crippen LogP contribution is -2.20. The van der Waals surface area contributed by atoms with Gasteiger partial charge in [-0.2, -0.15) is 0 Å². The Kier molecular flexibility index (Phi) is 5.16. The molecule has 2 N–H and O–H groups in total. The van der Waals surface area contributed by atoms with Gasteiger partial charge in [-0.3, -0.25) is 4.79 Å². The van der Waals surface area contributed by atoms with Gasteiger partial charge in [0.2, 0.25) is 5.91 Å². The molecule has 0 aliphatic carbocycles. The molecule has 6 heteroatoms. The Labute approximate surface area is 129 Å². The van der Waals surface area contributed by atoms with Crippen molar-refractivity contribution < 1.29 is 14.3 Å². The van der Waals surface area contributed by atoms with E-state index < -0.39 is 0 Å². The van der Waals surface area contributed by atoms with Crippen molar-refractivity contribution in [3.05, 3.63) is 30.0 Å². The topological polar surface area (TPSA) is 74.4 Å². The Bertz CT molecular complexity index is 676. The predicted molar refractivity (Wildman–Crippen MR) is 86.1 cm³/mol. The average molecular weight is 303 g/mol. The standard InChI is InChI=1S/C16H21N3O3/c1-4-22-16(21)14-10-11-9-12(5-6-13(11)18-14)17-15(20)7-8-19(2)3/h5-6,9-10,18H,4,7-8H2,1-3H3,(H,17,20). The molecule has 0 fully saturated rings. The number of fused-ring (bicyclic) bond motifs is 1. The Morgan fingerprint density at radius 2 is 2.05 bits per heavy atom. The van der Waals surface area contributed by atoms with Crippen molar-refractivity contribution in [3.8, 4) is 0 Å². The van der Waals surface area contributed by atoms with E-state index in [-0.39, 0.29) is 11.9 Å². The molecular weight excluding hydrogens is 282 g/mol. The molecule has 0 saturated carbocycles. The quantitative estimate of drug-likeness (QED) is 0.803. The minimum Gasteiger partial charge on any atom is -0.461 e. The lowest BCUT2D eigenvalue weighted by atomic mass is 10.2. The van der Waals surface area contributed by atoms with E-state index in [4.69, 9.17) is 4.74 Å². The summed E-state index contributed by atoms with van der Waals surface area (Å²) in [6.07, 6.45) is 0.437. The molecule has 0 bridgehead atoms. The number of rotatable bonds is 6. The molecule has 1 amide bonds. The van der Waals surface area contributed by atoms with E-state index in [9.17, 15) is 9.59 Å². The number of carbonyl (C=O) groups is 2. The zero-order valence-electron chi connectivity index (χ0n) is 13.1. The largest absolute Gasteiger partial charge is 0.461 e. The van der Waals surface area contributed by atoms with Gasteiger partial charge in [-0.25, -0.2) is 4.79 Å². The number of amides is 1. The molecule has 2 rings (SSSR count). The van der Waals surface area contributed by atoms with Gasteiger partial charge in [-0.15, -0.1) is 0 Å². The van der Waals surface area contributed by atoms with Crippen LogP contribution < -0.4 is 5.32 Å². The first kappa shape index (κ1) is 16.0. The van der Waals surface area contributed by atoms with Crippen molar-refractivity contribution in [1.29, 1.82) is 0 Å². The van der Waals surface area contributed by atoms with Crippen LogP contribution in [0.4, 0.5) is 5.69 Å².